The fourth-order valence-electron chi connectivity index (χ4n) is 1.01. The Balaban J connectivity index is 2.28. The van der Waals surface area contributed by atoms with E-state index in [0.717, 1.165) is 6.42 Å². The van der Waals surface area contributed by atoms with Gasteiger partial charge in [-0.1, -0.05) is 19.8 Å². The van der Waals surface area contributed by atoms with Gasteiger partial charge in [0.25, 0.3) is 0 Å². The van der Waals surface area contributed by atoms with Crippen LogP contribution in [0.3, 0.4) is 0 Å². The lowest BCUT2D eigenvalue weighted by atomic mass is 10.1. The fraction of sp³-hybridized carbons (Fsp3) is 0.700. The number of hydrogen-bond donors (Lipinski definition) is 0. The first kappa shape index (κ1) is 10.1. The molecule has 0 radical (unpaired) electrons. The van der Waals surface area contributed by atoms with Crippen molar-refractivity contribution < 1.29 is 14.3 Å². The average molecular weight is 182 g/mol. The van der Waals surface area contributed by atoms with Crippen LogP contribution in [0.5, 0.6) is 0 Å². The van der Waals surface area contributed by atoms with Crippen molar-refractivity contribution >= 4 is 5.97 Å². The molecule has 0 aromatic carbocycles. The molecule has 1 saturated carbocycles. The second-order valence-electron chi connectivity index (χ2n) is 3.85. The van der Waals surface area contributed by atoms with Gasteiger partial charge in [-0.3, -0.25) is 0 Å². The fourth-order valence-corrected chi connectivity index (χ4v) is 1.01. The van der Waals surface area contributed by atoms with E-state index in [4.69, 9.17) is 0 Å². The van der Waals surface area contributed by atoms with Crippen molar-refractivity contribution in [3.8, 4) is 11.8 Å². The highest BCUT2D eigenvalue weighted by Gasteiger charge is 2.44. The first-order chi connectivity index (χ1) is 6.06. The van der Waals surface area contributed by atoms with Crippen LogP contribution in [0.15, 0.2) is 0 Å². The molecule has 0 spiro atoms. The Kier molecular flexibility index (Phi) is 2.94. The van der Waals surface area contributed by atoms with Crippen LogP contribution in [0.1, 0.15) is 20.3 Å². The number of carbonyl (C=O) groups excluding carboxylic acids is 1. The second kappa shape index (κ2) is 3.80. The lowest BCUT2D eigenvalue weighted by Gasteiger charge is -1.96. The molecular weight excluding hydrogens is 168 g/mol. The van der Waals surface area contributed by atoms with Gasteiger partial charge in [0.2, 0.25) is 0 Å². The van der Waals surface area contributed by atoms with Gasteiger partial charge in [0.15, 0.2) is 6.79 Å². The van der Waals surface area contributed by atoms with E-state index in [9.17, 15) is 4.79 Å². The van der Waals surface area contributed by atoms with E-state index in [2.05, 4.69) is 35.2 Å². The molecule has 1 aliphatic rings. The molecule has 0 aromatic rings. The zero-order valence-corrected chi connectivity index (χ0v) is 8.22. The number of methoxy groups -OCH3 is 1. The van der Waals surface area contributed by atoms with E-state index in [1.54, 1.807) is 0 Å². The molecule has 0 bridgehead atoms. The number of ether oxygens (including phenoxy) is 2. The maximum absolute atomic E-state index is 10.9. The minimum absolute atomic E-state index is 0.0262. The summed E-state index contributed by atoms with van der Waals surface area (Å²) in [4.78, 5) is 10.9. The maximum atomic E-state index is 10.9. The molecule has 1 fully saturated rings. The summed E-state index contributed by atoms with van der Waals surface area (Å²) in [5.41, 5.74) is 0.286. The summed E-state index contributed by atoms with van der Waals surface area (Å²) in [6.45, 7) is 4.24. The van der Waals surface area contributed by atoms with Crippen LogP contribution in [0.25, 0.3) is 0 Å². The van der Waals surface area contributed by atoms with Gasteiger partial charge in [-0.2, -0.15) is 0 Å². The molecule has 1 rings (SSSR count). The van der Waals surface area contributed by atoms with Gasteiger partial charge in [0.1, 0.15) is 0 Å². The van der Waals surface area contributed by atoms with Crippen molar-refractivity contribution in [2.45, 2.75) is 20.3 Å². The highest BCUT2D eigenvalue weighted by molar-refractivity contribution is 5.88. The van der Waals surface area contributed by atoms with Gasteiger partial charge >= 0.3 is 5.97 Å². The minimum Gasteiger partial charge on any atom is -0.429 e. The second-order valence-corrected chi connectivity index (χ2v) is 3.85. The monoisotopic (exact) mass is 182 g/mol. The standard InChI is InChI=1S/C10H14O3/c1-10(2)6-8(10)4-5-9(11)13-7-12-3/h8H,6-7H2,1-3H3. The van der Waals surface area contributed by atoms with Crippen LogP contribution in [-0.4, -0.2) is 19.9 Å². The molecule has 3 heteroatoms. The van der Waals surface area contributed by atoms with Gasteiger partial charge in [-0.15, -0.1) is 0 Å². The third-order valence-corrected chi connectivity index (χ3v) is 2.17. The van der Waals surface area contributed by atoms with E-state index < -0.39 is 5.97 Å². The van der Waals surface area contributed by atoms with E-state index >= 15 is 0 Å². The predicted octanol–water partition coefficient (Wildman–Crippen LogP) is 1.18. The maximum Gasteiger partial charge on any atom is 0.386 e. The van der Waals surface area contributed by atoms with Crippen LogP contribution >= 0.6 is 0 Å². The molecule has 0 N–H and O–H groups in total. The van der Waals surface area contributed by atoms with Crippen molar-refractivity contribution in [3.05, 3.63) is 0 Å². The molecule has 72 valence electrons. The van der Waals surface area contributed by atoms with Gasteiger partial charge < -0.3 is 9.47 Å². The Bertz CT molecular complexity index is 257. The van der Waals surface area contributed by atoms with Crippen LogP contribution in [0, 0.1) is 23.2 Å². The largest absolute Gasteiger partial charge is 0.429 e. The quantitative estimate of drug-likeness (QED) is 0.278. The summed E-state index contributed by atoms with van der Waals surface area (Å²) in [7, 11) is 1.46. The van der Waals surface area contributed by atoms with Crippen LogP contribution in [0.4, 0.5) is 0 Å². The zero-order valence-electron chi connectivity index (χ0n) is 8.22. The normalized spacial score (nSPS) is 22.8. The third-order valence-electron chi connectivity index (χ3n) is 2.17. The van der Waals surface area contributed by atoms with Gasteiger partial charge in [-0.05, 0) is 11.8 Å². The molecule has 0 aliphatic heterocycles. The highest BCUT2D eigenvalue weighted by atomic mass is 16.7. The Morgan fingerprint density at radius 1 is 1.62 bits per heavy atom. The van der Waals surface area contributed by atoms with Crippen molar-refractivity contribution in [2.24, 2.45) is 11.3 Å². The lowest BCUT2D eigenvalue weighted by molar-refractivity contribution is -0.146. The van der Waals surface area contributed by atoms with Gasteiger partial charge in [0, 0.05) is 18.9 Å². The number of esters is 1. The molecular formula is C10H14O3. The van der Waals surface area contributed by atoms with Crippen molar-refractivity contribution in [1.29, 1.82) is 0 Å². The molecule has 1 unspecified atom stereocenters. The summed E-state index contributed by atoms with van der Waals surface area (Å²) < 4.78 is 9.17. The Labute approximate surface area is 78.4 Å². The van der Waals surface area contributed by atoms with Crippen molar-refractivity contribution in [2.75, 3.05) is 13.9 Å². The highest BCUT2D eigenvalue weighted by Crippen LogP contribution is 2.50. The number of hydrogen-bond acceptors (Lipinski definition) is 3. The summed E-state index contributed by atoms with van der Waals surface area (Å²) >= 11 is 0. The summed E-state index contributed by atoms with van der Waals surface area (Å²) in [5.74, 6) is 5.16. The Morgan fingerprint density at radius 2 is 2.23 bits per heavy atom. The van der Waals surface area contributed by atoms with Gasteiger partial charge in [0.05, 0.1) is 0 Å². The summed E-state index contributed by atoms with van der Waals surface area (Å²) in [5, 5.41) is 0. The SMILES string of the molecule is COCOC(=O)C#CC1CC1(C)C. The molecule has 0 saturated heterocycles. The van der Waals surface area contributed by atoms with E-state index in [1.165, 1.54) is 7.11 Å². The average Bonchev–Trinajstić information content (AvgIpc) is 2.67. The lowest BCUT2D eigenvalue weighted by Crippen LogP contribution is -2.04. The molecule has 1 aliphatic carbocycles. The first-order valence-corrected chi connectivity index (χ1v) is 4.23. The van der Waals surface area contributed by atoms with E-state index in [1.807, 2.05) is 0 Å². The van der Waals surface area contributed by atoms with Crippen molar-refractivity contribution in [1.82, 2.24) is 0 Å². The first-order valence-electron chi connectivity index (χ1n) is 4.23. The Morgan fingerprint density at radius 3 is 2.69 bits per heavy atom. The van der Waals surface area contributed by atoms with E-state index in [-0.39, 0.29) is 12.2 Å². The number of rotatable bonds is 2. The Hall–Kier alpha value is -1.01. The van der Waals surface area contributed by atoms with Crippen molar-refractivity contribution in [3.63, 3.8) is 0 Å². The van der Waals surface area contributed by atoms with Crippen LogP contribution in [-0.2, 0) is 14.3 Å². The molecule has 13 heavy (non-hydrogen) atoms. The van der Waals surface area contributed by atoms with Gasteiger partial charge in [-0.25, -0.2) is 4.79 Å². The predicted molar refractivity (Wildman–Crippen MR) is 47.6 cm³/mol. The summed E-state index contributed by atoms with van der Waals surface area (Å²) in [6.07, 6.45) is 1.07. The zero-order chi connectivity index (χ0) is 9.90. The third kappa shape index (κ3) is 3.08. The number of carbonyl (C=O) groups is 1. The molecule has 0 amide bonds. The molecule has 0 heterocycles. The minimum atomic E-state index is -0.510. The smallest absolute Gasteiger partial charge is 0.386 e. The topological polar surface area (TPSA) is 35.5 Å². The molecule has 1 atom stereocenters. The summed E-state index contributed by atoms with van der Waals surface area (Å²) in [6, 6.07) is 0. The molecule has 0 aromatic heterocycles. The van der Waals surface area contributed by atoms with E-state index in [0.29, 0.717) is 5.92 Å². The van der Waals surface area contributed by atoms with Crippen LogP contribution < -0.4 is 0 Å². The van der Waals surface area contributed by atoms with Crippen LogP contribution in [0.2, 0.25) is 0 Å². The molecule has 3 nitrogen and oxygen atoms in total.